The molecule has 1 aromatic heterocycles. The molecule has 1 aliphatic heterocycles. The first-order valence-electron chi connectivity index (χ1n) is 6.01. The summed E-state index contributed by atoms with van der Waals surface area (Å²) in [4.78, 5) is 29.8. The summed E-state index contributed by atoms with van der Waals surface area (Å²) in [6.45, 7) is 2.49. The second-order valence-corrected chi connectivity index (χ2v) is 5.38. The number of likely N-dealkylation sites (tertiary alicyclic amines) is 1. The van der Waals surface area contributed by atoms with Gasteiger partial charge in [-0.3, -0.25) is 4.79 Å². The second-order valence-electron chi connectivity index (χ2n) is 4.44. The summed E-state index contributed by atoms with van der Waals surface area (Å²) in [6.07, 6.45) is 2.37. The lowest BCUT2D eigenvalue weighted by molar-refractivity contribution is -0.148. The zero-order valence-electron chi connectivity index (χ0n) is 10.3. The van der Waals surface area contributed by atoms with E-state index in [-0.39, 0.29) is 5.91 Å². The van der Waals surface area contributed by atoms with Crippen LogP contribution in [0.25, 0.3) is 0 Å². The molecule has 1 fully saturated rings. The molecular weight excluding hydrogens is 252 g/mol. The zero-order valence-corrected chi connectivity index (χ0v) is 11.1. The monoisotopic (exact) mass is 268 g/mol. The fourth-order valence-electron chi connectivity index (χ4n) is 2.25. The Hall–Kier alpha value is -1.43. The third kappa shape index (κ3) is 2.69. The Balaban J connectivity index is 1.92. The highest BCUT2D eigenvalue weighted by Crippen LogP contribution is 2.20. The van der Waals surface area contributed by atoms with Gasteiger partial charge in [-0.1, -0.05) is 0 Å². The van der Waals surface area contributed by atoms with Gasteiger partial charge in [-0.05, 0) is 26.2 Å². The number of amides is 1. The van der Waals surface area contributed by atoms with Gasteiger partial charge in [0.05, 0.1) is 11.2 Å². The van der Waals surface area contributed by atoms with Crippen molar-refractivity contribution >= 4 is 23.2 Å². The minimum Gasteiger partial charge on any atom is -0.480 e. The van der Waals surface area contributed by atoms with E-state index in [1.165, 1.54) is 4.90 Å². The third-order valence-corrected chi connectivity index (χ3v) is 4.26. The van der Waals surface area contributed by atoms with Crippen molar-refractivity contribution in [2.75, 3.05) is 6.54 Å². The molecule has 98 valence electrons. The van der Waals surface area contributed by atoms with Crippen molar-refractivity contribution in [2.24, 2.45) is 0 Å². The van der Waals surface area contributed by atoms with Crippen LogP contribution in [0.2, 0.25) is 0 Å². The summed E-state index contributed by atoms with van der Waals surface area (Å²) in [5.41, 5.74) is 2.73. The second kappa shape index (κ2) is 5.48. The summed E-state index contributed by atoms with van der Waals surface area (Å²) in [5.74, 6) is -0.956. The first-order valence-corrected chi connectivity index (χ1v) is 6.89. The van der Waals surface area contributed by atoms with Crippen molar-refractivity contribution in [1.82, 2.24) is 9.88 Å². The quantitative estimate of drug-likeness (QED) is 0.897. The van der Waals surface area contributed by atoms with Gasteiger partial charge in [0.25, 0.3) is 0 Å². The Morgan fingerprint density at radius 2 is 2.39 bits per heavy atom. The van der Waals surface area contributed by atoms with E-state index in [4.69, 9.17) is 5.11 Å². The van der Waals surface area contributed by atoms with E-state index in [0.29, 0.717) is 25.8 Å². The van der Waals surface area contributed by atoms with E-state index in [9.17, 15) is 9.59 Å². The summed E-state index contributed by atoms with van der Waals surface area (Å²) in [6, 6.07) is -0.625. The van der Waals surface area contributed by atoms with Gasteiger partial charge >= 0.3 is 5.97 Å². The molecule has 1 atom stereocenters. The number of carboxylic acids is 1. The topological polar surface area (TPSA) is 70.5 Å². The lowest BCUT2D eigenvalue weighted by Crippen LogP contribution is -2.40. The Morgan fingerprint density at radius 3 is 3.00 bits per heavy atom. The standard InChI is InChI=1S/C12H16N2O3S/c1-8-10(18-7-13-8)4-5-11(15)14-6-2-3-9(14)12(16)17/h7,9H,2-6H2,1H3,(H,16,17)/t9-/m1/s1. The van der Waals surface area contributed by atoms with Crippen LogP contribution in [0.5, 0.6) is 0 Å². The Labute approximate surface area is 109 Å². The van der Waals surface area contributed by atoms with Gasteiger partial charge in [0.15, 0.2) is 0 Å². The molecule has 0 aromatic carbocycles. The summed E-state index contributed by atoms with van der Waals surface area (Å²) >= 11 is 1.54. The maximum atomic E-state index is 12.0. The molecule has 0 unspecified atom stereocenters. The number of aliphatic carboxylic acids is 1. The molecule has 1 saturated heterocycles. The number of hydrogen-bond donors (Lipinski definition) is 1. The van der Waals surface area contributed by atoms with Crippen LogP contribution in [0.3, 0.4) is 0 Å². The summed E-state index contributed by atoms with van der Waals surface area (Å²) in [7, 11) is 0. The van der Waals surface area contributed by atoms with Crippen molar-refractivity contribution in [1.29, 1.82) is 0 Å². The van der Waals surface area contributed by atoms with Crippen LogP contribution in [0.1, 0.15) is 29.8 Å². The summed E-state index contributed by atoms with van der Waals surface area (Å²) in [5, 5.41) is 9.03. The Bertz CT molecular complexity index is 458. The van der Waals surface area contributed by atoms with E-state index in [0.717, 1.165) is 17.0 Å². The molecule has 1 aromatic rings. The van der Waals surface area contributed by atoms with Crippen LogP contribution in [-0.4, -0.2) is 39.5 Å². The molecule has 0 radical (unpaired) electrons. The molecule has 18 heavy (non-hydrogen) atoms. The normalized spacial score (nSPS) is 19.2. The number of rotatable bonds is 4. The molecule has 1 amide bonds. The minimum absolute atomic E-state index is 0.0623. The van der Waals surface area contributed by atoms with E-state index >= 15 is 0 Å². The van der Waals surface area contributed by atoms with Crippen LogP contribution in [0.15, 0.2) is 5.51 Å². The SMILES string of the molecule is Cc1ncsc1CCC(=O)N1CCC[C@@H]1C(=O)O. The molecule has 2 rings (SSSR count). The Morgan fingerprint density at radius 1 is 1.61 bits per heavy atom. The van der Waals surface area contributed by atoms with Gasteiger partial charge in [-0.25, -0.2) is 9.78 Å². The van der Waals surface area contributed by atoms with E-state index < -0.39 is 12.0 Å². The van der Waals surface area contributed by atoms with Crippen LogP contribution in [-0.2, 0) is 16.0 Å². The fourth-order valence-corrected chi connectivity index (χ4v) is 3.03. The molecule has 0 saturated carbocycles. The molecule has 0 bridgehead atoms. The van der Waals surface area contributed by atoms with Crippen molar-refractivity contribution in [3.8, 4) is 0 Å². The highest BCUT2D eigenvalue weighted by molar-refractivity contribution is 7.09. The Kier molecular flexibility index (Phi) is 3.96. The first kappa shape index (κ1) is 13.0. The van der Waals surface area contributed by atoms with E-state index in [1.54, 1.807) is 16.8 Å². The maximum Gasteiger partial charge on any atom is 0.326 e. The predicted octanol–water partition coefficient (Wildman–Crippen LogP) is 1.46. The maximum absolute atomic E-state index is 12.0. The van der Waals surface area contributed by atoms with Crippen LogP contribution < -0.4 is 0 Å². The predicted molar refractivity (Wildman–Crippen MR) is 67.5 cm³/mol. The number of nitrogens with zero attached hydrogens (tertiary/aromatic N) is 2. The molecule has 6 heteroatoms. The number of carbonyl (C=O) groups excluding carboxylic acids is 1. The molecule has 2 heterocycles. The van der Waals surface area contributed by atoms with Crippen molar-refractivity contribution < 1.29 is 14.7 Å². The zero-order chi connectivity index (χ0) is 13.1. The smallest absolute Gasteiger partial charge is 0.326 e. The fraction of sp³-hybridized carbons (Fsp3) is 0.583. The van der Waals surface area contributed by atoms with Gasteiger partial charge < -0.3 is 10.0 Å². The van der Waals surface area contributed by atoms with Crippen LogP contribution >= 0.6 is 11.3 Å². The van der Waals surface area contributed by atoms with Gasteiger partial charge in [0.1, 0.15) is 6.04 Å². The molecular formula is C12H16N2O3S. The average Bonchev–Trinajstić information content (AvgIpc) is 2.94. The highest BCUT2D eigenvalue weighted by Gasteiger charge is 2.33. The lowest BCUT2D eigenvalue weighted by Gasteiger charge is -2.21. The van der Waals surface area contributed by atoms with Crippen molar-refractivity contribution in [3.05, 3.63) is 16.1 Å². The van der Waals surface area contributed by atoms with Gasteiger partial charge in [0, 0.05) is 17.8 Å². The minimum atomic E-state index is -0.894. The largest absolute Gasteiger partial charge is 0.480 e. The number of carboxylic acid groups (broad SMARTS) is 1. The lowest BCUT2D eigenvalue weighted by atomic mass is 10.2. The highest BCUT2D eigenvalue weighted by atomic mass is 32.1. The van der Waals surface area contributed by atoms with Crippen molar-refractivity contribution in [3.63, 3.8) is 0 Å². The molecule has 1 aliphatic rings. The van der Waals surface area contributed by atoms with Gasteiger partial charge in [-0.2, -0.15) is 0 Å². The average molecular weight is 268 g/mol. The number of aryl methyl sites for hydroxylation is 2. The number of aromatic nitrogens is 1. The molecule has 1 N–H and O–H groups in total. The van der Waals surface area contributed by atoms with Crippen LogP contribution in [0.4, 0.5) is 0 Å². The first-order chi connectivity index (χ1) is 8.59. The molecule has 0 spiro atoms. The van der Waals surface area contributed by atoms with Gasteiger partial charge in [-0.15, -0.1) is 11.3 Å². The summed E-state index contributed by atoms with van der Waals surface area (Å²) < 4.78 is 0. The van der Waals surface area contributed by atoms with E-state index in [1.807, 2.05) is 6.92 Å². The number of thiazole rings is 1. The number of carbonyl (C=O) groups is 2. The van der Waals surface area contributed by atoms with Crippen molar-refractivity contribution in [2.45, 2.75) is 38.6 Å². The molecule has 0 aliphatic carbocycles. The number of hydrogen-bond acceptors (Lipinski definition) is 4. The van der Waals surface area contributed by atoms with Gasteiger partial charge in [0.2, 0.25) is 5.91 Å². The van der Waals surface area contributed by atoms with Crippen LogP contribution in [0, 0.1) is 6.92 Å². The molecule has 5 nitrogen and oxygen atoms in total. The third-order valence-electron chi connectivity index (χ3n) is 3.27. The van der Waals surface area contributed by atoms with E-state index in [2.05, 4.69) is 4.98 Å².